The molecule has 0 unspecified atom stereocenters. The molecule has 4 rings (SSSR count). The lowest BCUT2D eigenvalue weighted by atomic mass is 10.0. The van der Waals surface area contributed by atoms with Crippen molar-refractivity contribution in [1.82, 2.24) is 9.80 Å². The fourth-order valence-electron chi connectivity index (χ4n) is 4.47. The molecule has 8 nitrogen and oxygen atoms in total. The number of ether oxygens (including phenoxy) is 3. The molecule has 3 heterocycles. The molecule has 0 radical (unpaired) electrons. The highest BCUT2D eigenvalue weighted by Gasteiger charge is 2.40. The number of amides is 1. The third kappa shape index (κ3) is 5.12. The molecular formula is C26H34N4O4. The summed E-state index contributed by atoms with van der Waals surface area (Å²) in [5.41, 5.74) is 4.03. The molecule has 1 N–H and O–H groups in total. The normalized spacial score (nSPS) is 24.5. The second-order valence-corrected chi connectivity index (χ2v) is 8.89. The van der Waals surface area contributed by atoms with E-state index in [-0.39, 0.29) is 11.9 Å². The van der Waals surface area contributed by atoms with E-state index in [1.807, 2.05) is 48.2 Å². The second-order valence-electron chi connectivity index (χ2n) is 8.89. The fourth-order valence-corrected chi connectivity index (χ4v) is 4.47. The summed E-state index contributed by atoms with van der Waals surface area (Å²) in [4.78, 5) is 21.7. The molecule has 34 heavy (non-hydrogen) atoms. The first kappa shape index (κ1) is 23.9. The van der Waals surface area contributed by atoms with E-state index in [0.717, 1.165) is 34.0 Å². The number of aliphatic imine (C=N–C) groups is 1. The van der Waals surface area contributed by atoms with Crippen LogP contribution < -0.4 is 10.1 Å². The lowest BCUT2D eigenvalue weighted by molar-refractivity contribution is -0.137. The van der Waals surface area contributed by atoms with Gasteiger partial charge in [0.1, 0.15) is 24.3 Å². The van der Waals surface area contributed by atoms with Crippen LogP contribution in [-0.4, -0.2) is 74.2 Å². The van der Waals surface area contributed by atoms with E-state index < -0.39 is 6.10 Å². The van der Waals surface area contributed by atoms with Gasteiger partial charge < -0.3 is 29.3 Å². The molecule has 3 aliphatic rings. The van der Waals surface area contributed by atoms with Crippen LogP contribution in [0.15, 0.2) is 52.9 Å². The first-order valence-corrected chi connectivity index (χ1v) is 11.8. The summed E-state index contributed by atoms with van der Waals surface area (Å²) in [5.74, 6) is 2.07. The Morgan fingerprint density at radius 1 is 1.32 bits per heavy atom. The van der Waals surface area contributed by atoms with Gasteiger partial charge in [-0.25, -0.2) is 0 Å². The Kier molecular flexibility index (Phi) is 7.26. The Balaban J connectivity index is 1.79. The average molecular weight is 467 g/mol. The van der Waals surface area contributed by atoms with Crippen molar-refractivity contribution >= 4 is 23.1 Å². The zero-order valence-corrected chi connectivity index (χ0v) is 20.6. The molecule has 0 aromatic heterocycles. The van der Waals surface area contributed by atoms with Crippen molar-refractivity contribution in [3.05, 3.63) is 53.5 Å². The number of carbonyl (C=O) groups is 1. The number of nitrogens with one attached hydrogen (secondary N) is 1. The Morgan fingerprint density at radius 3 is 2.88 bits per heavy atom. The maximum absolute atomic E-state index is 13.0. The number of anilines is 1. The van der Waals surface area contributed by atoms with Gasteiger partial charge in [0.25, 0.3) is 5.91 Å². The topological polar surface area (TPSA) is 75.6 Å². The van der Waals surface area contributed by atoms with Gasteiger partial charge in [0, 0.05) is 62.8 Å². The lowest BCUT2D eigenvalue weighted by Gasteiger charge is -2.27. The van der Waals surface area contributed by atoms with Crippen LogP contribution in [0.4, 0.5) is 5.69 Å². The SMILES string of the molecule is CCO[C@@H]1C[C@@H]2COC3=N/C(=C(/C=C(C)C)c4cc(cc(OC)c4)NCCN2C1=O)N(C)C=C3. The van der Waals surface area contributed by atoms with Crippen LogP contribution in [0.3, 0.4) is 0 Å². The molecule has 1 aromatic carbocycles. The highest BCUT2D eigenvalue weighted by molar-refractivity contribution is 5.92. The Hall–Kier alpha value is -3.26. The summed E-state index contributed by atoms with van der Waals surface area (Å²) < 4.78 is 17.4. The van der Waals surface area contributed by atoms with Crippen LogP contribution in [0.1, 0.15) is 32.8 Å². The van der Waals surface area contributed by atoms with Crippen LogP contribution in [-0.2, 0) is 14.3 Å². The first-order chi connectivity index (χ1) is 16.4. The zero-order chi connectivity index (χ0) is 24.2. The van der Waals surface area contributed by atoms with Crippen LogP contribution in [0.2, 0.25) is 0 Å². The van der Waals surface area contributed by atoms with E-state index in [0.29, 0.717) is 38.6 Å². The number of nitrogens with zero attached hydrogens (tertiary/aromatic N) is 3. The lowest BCUT2D eigenvalue weighted by Crippen LogP contribution is -2.40. The number of hydrogen-bond acceptors (Lipinski definition) is 7. The number of rotatable bonds is 4. The van der Waals surface area contributed by atoms with Crippen molar-refractivity contribution < 1.29 is 19.0 Å². The number of fused-ring (bicyclic) bond motifs is 4. The van der Waals surface area contributed by atoms with E-state index in [2.05, 4.69) is 31.3 Å². The van der Waals surface area contributed by atoms with Crippen LogP contribution in [0, 0.1) is 0 Å². The van der Waals surface area contributed by atoms with Crippen molar-refractivity contribution in [2.24, 2.45) is 4.99 Å². The molecule has 4 bridgehead atoms. The third-order valence-corrected chi connectivity index (χ3v) is 6.08. The standard InChI is InChI=1S/C26H34N4O4/c1-6-33-23-15-20-16-34-24-7-9-29(4)25(28-24)22(11-17(2)3)18-12-19(14-21(13-18)32-5)27-8-10-30(20)26(23)31/h7,9,11-14,20,23,27H,6,8,10,15-16H2,1-5H3/b25-22+/t20-,23-/m1/s1. The molecule has 1 saturated heterocycles. The minimum atomic E-state index is -0.424. The van der Waals surface area contributed by atoms with Gasteiger partial charge in [-0.3, -0.25) is 4.79 Å². The summed E-state index contributed by atoms with van der Waals surface area (Å²) in [7, 11) is 3.63. The van der Waals surface area contributed by atoms with Crippen LogP contribution in [0.5, 0.6) is 5.75 Å². The maximum atomic E-state index is 13.0. The van der Waals surface area contributed by atoms with Gasteiger partial charge in [-0.05, 0) is 38.5 Å². The molecule has 0 aliphatic carbocycles. The van der Waals surface area contributed by atoms with Crippen molar-refractivity contribution in [3.8, 4) is 5.75 Å². The summed E-state index contributed by atoms with van der Waals surface area (Å²) >= 11 is 0. The van der Waals surface area contributed by atoms with E-state index in [1.165, 1.54) is 0 Å². The van der Waals surface area contributed by atoms with Crippen LogP contribution in [0.25, 0.3) is 5.57 Å². The molecule has 2 atom stereocenters. The predicted octanol–water partition coefficient (Wildman–Crippen LogP) is 3.64. The summed E-state index contributed by atoms with van der Waals surface area (Å²) in [5, 5.41) is 3.47. The molecule has 3 aliphatic heterocycles. The van der Waals surface area contributed by atoms with Crippen molar-refractivity contribution in [2.75, 3.05) is 45.8 Å². The quantitative estimate of drug-likeness (QED) is 0.730. The van der Waals surface area contributed by atoms with Crippen molar-refractivity contribution in [3.63, 3.8) is 0 Å². The summed E-state index contributed by atoms with van der Waals surface area (Å²) in [6.07, 6.45) is 6.11. The average Bonchev–Trinajstić information content (AvgIpc) is 3.11. The van der Waals surface area contributed by atoms with Gasteiger partial charge >= 0.3 is 0 Å². The van der Waals surface area contributed by atoms with Gasteiger partial charge in [-0.15, -0.1) is 0 Å². The van der Waals surface area contributed by atoms with E-state index in [9.17, 15) is 4.79 Å². The minimum absolute atomic E-state index is 0.0166. The van der Waals surface area contributed by atoms with Gasteiger partial charge in [0.05, 0.1) is 13.2 Å². The van der Waals surface area contributed by atoms with E-state index in [4.69, 9.17) is 19.2 Å². The van der Waals surface area contributed by atoms with Crippen molar-refractivity contribution in [1.29, 1.82) is 0 Å². The Bertz CT molecular complexity index is 1050. The van der Waals surface area contributed by atoms with Gasteiger partial charge in [0.2, 0.25) is 5.90 Å². The number of methoxy groups -OCH3 is 1. The fraction of sp³-hybridized carbons (Fsp3) is 0.462. The molecule has 1 fully saturated rings. The molecule has 1 aromatic rings. The predicted molar refractivity (Wildman–Crippen MR) is 134 cm³/mol. The molecule has 182 valence electrons. The van der Waals surface area contributed by atoms with Gasteiger partial charge in [-0.1, -0.05) is 11.6 Å². The summed E-state index contributed by atoms with van der Waals surface area (Å²) in [6.45, 7) is 8.07. The number of benzene rings is 1. The van der Waals surface area contributed by atoms with E-state index >= 15 is 0 Å². The summed E-state index contributed by atoms with van der Waals surface area (Å²) in [6, 6.07) is 5.99. The number of allylic oxidation sites excluding steroid dienone is 3. The van der Waals surface area contributed by atoms with Crippen LogP contribution >= 0.6 is 0 Å². The zero-order valence-electron chi connectivity index (χ0n) is 20.6. The van der Waals surface area contributed by atoms with Gasteiger partial charge in [-0.2, -0.15) is 4.99 Å². The molecule has 1 amide bonds. The molecule has 8 heteroatoms. The number of carbonyl (C=O) groups excluding carboxylic acids is 1. The molecular weight excluding hydrogens is 432 g/mol. The second kappa shape index (κ2) is 10.3. The largest absolute Gasteiger partial charge is 0.497 e. The molecule has 0 spiro atoms. The first-order valence-electron chi connectivity index (χ1n) is 11.8. The maximum Gasteiger partial charge on any atom is 0.252 e. The van der Waals surface area contributed by atoms with Crippen molar-refractivity contribution in [2.45, 2.75) is 39.3 Å². The monoisotopic (exact) mass is 466 g/mol. The molecule has 0 saturated carbocycles. The Labute approximate surface area is 201 Å². The minimum Gasteiger partial charge on any atom is -0.497 e. The Morgan fingerprint density at radius 2 is 2.15 bits per heavy atom. The highest BCUT2D eigenvalue weighted by atomic mass is 16.5. The van der Waals surface area contributed by atoms with Gasteiger partial charge in [0.15, 0.2) is 0 Å². The number of hydrogen-bond donors (Lipinski definition) is 1. The highest BCUT2D eigenvalue weighted by Crippen LogP contribution is 2.32. The smallest absolute Gasteiger partial charge is 0.252 e. The third-order valence-electron chi connectivity index (χ3n) is 6.08. The van der Waals surface area contributed by atoms with E-state index in [1.54, 1.807) is 7.11 Å².